The van der Waals surface area contributed by atoms with E-state index in [-0.39, 0.29) is 36.3 Å². The van der Waals surface area contributed by atoms with Gasteiger partial charge >= 0.3 is 0 Å². The highest BCUT2D eigenvalue weighted by Gasteiger charge is 2.33. The maximum absolute atomic E-state index is 11.9. The highest BCUT2D eigenvalue weighted by atomic mass is 16.3. The van der Waals surface area contributed by atoms with E-state index in [1.54, 1.807) is 18.3 Å². The van der Waals surface area contributed by atoms with Crippen LogP contribution >= 0.6 is 0 Å². The molecule has 1 aliphatic carbocycles. The van der Waals surface area contributed by atoms with Gasteiger partial charge in [-0.1, -0.05) is 12.1 Å². The van der Waals surface area contributed by atoms with E-state index in [1.807, 2.05) is 23.0 Å². The number of aromatic hydroxyl groups is 1. The summed E-state index contributed by atoms with van der Waals surface area (Å²) in [5, 5.41) is 26.7. The average molecular weight is 356 g/mol. The van der Waals surface area contributed by atoms with Crippen LogP contribution in [0, 0.1) is 5.92 Å². The van der Waals surface area contributed by atoms with Gasteiger partial charge in [0.05, 0.1) is 24.5 Å². The molecule has 1 aromatic carbocycles. The largest absolute Gasteiger partial charge is 0.508 e. The van der Waals surface area contributed by atoms with E-state index in [1.165, 1.54) is 0 Å². The number of rotatable bonds is 6. The van der Waals surface area contributed by atoms with Crippen molar-refractivity contribution in [3.63, 3.8) is 0 Å². The Labute approximate surface area is 152 Å². The molecule has 1 aromatic heterocycles. The van der Waals surface area contributed by atoms with Gasteiger partial charge in [0.15, 0.2) is 0 Å². The van der Waals surface area contributed by atoms with Gasteiger partial charge in [-0.25, -0.2) is 0 Å². The average Bonchev–Trinajstić information content (AvgIpc) is 3.25. The fourth-order valence-corrected chi connectivity index (χ4v) is 3.61. The van der Waals surface area contributed by atoms with Gasteiger partial charge in [-0.2, -0.15) is 5.10 Å². The highest BCUT2D eigenvalue weighted by Crippen LogP contribution is 2.31. The summed E-state index contributed by atoms with van der Waals surface area (Å²) in [5.41, 5.74) is 1.75. The number of benzene rings is 1. The van der Waals surface area contributed by atoms with Crippen molar-refractivity contribution in [2.24, 2.45) is 5.92 Å². The van der Waals surface area contributed by atoms with Crippen LogP contribution in [-0.2, 0) is 11.3 Å². The normalized spacial score (nSPS) is 23.3. The molecule has 1 amide bonds. The third kappa shape index (κ3) is 3.73. The summed E-state index contributed by atoms with van der Waals surface area (Å²) >= 11 is 0. The molecular weight excluding hydrogens is 332 g/mol. The van der Waals surface area contributed by atoms with Crippen LogP contribution in [0.15, 0.2) is 36.7 Å². The number of aliphatic hydroxyl groups is 1. The van der Waals surface area contributed by atoms with Gasteiger partial charge in [0.1, 0.15) is 5.75 Å². The number of likely N-dealkylation sites (tertiary alicyclic amines) is 1. The first-order valence-corrected chi connectivity index (χ1v) is 9.10. The first kappa shape index (κ1) is 17.1. The zero-order valence-corrected chi connectivity index (χ0v) is 14.6. The summed E-state index contributed by atoms with van der Waals surface area (Å²) in [6.45, 7) is 1.52. The minimum atomic E-state index is 0.0519. The molecule has 7 nitrogen and oxygen atoms in total. The number of hydrogen-bond acceptors (Lipinski definition) is 5. The topological polar surface area (TPSA) is 90.6 Å². The molecule has 1 aliphatic heterocycles. The van der Waals surface area contributed by atoms with Crippen molar-refractivity contribution < 1.29 is 15.0 Å². The second kappa shape index (κ2) is 7.09. The molecule has 1 saturated heterocycles. The Kier molecular flexibility index (Phi) is 4.65. The number of carbonyl (C=O) groups is 1. The van der Waals surface area contributed by atoms with Crippen LogP contribution in [0.3, 0.4) is 0 Å². The molecule has 0 radical (unpaired) electrons. The Morgan fingerprint density at radius 1 is 1.35 bits per heavy atom. The Hall–Kier alpha value is -2.38. The van der Waals surface area contributed by atoms with Gasteiger partial charge in [-0.05, 0) is 37.0 Å². The van der Waals surface area contributed by atoms with Crippen molar-refractivity contribution in [3.05, 3.63) is 42.2 Å². The first-order chi connectivity index (χ1) is 12.6. The second-order valence-corrected chi connectivity index (χ2v) is 7.30. The van der Waals surface area contributed by atoms with Crippen LogP contribution < -0.4 is 5.32 Å². The molecule has 138 valence electrons. The van der Waals surface area contributed by atoms with E-state index in [9.17, 15) is 15.0 Å². The Balaban J connectivity index is 1.41. The van der Waals surface area contributed by atoms with Crippen molar-refractivity contribution >= 4 is 11.6 Å². The minimum Gasteiger partial charge on any atom is -0.508 e. The fourth-order valence-electron chi connectivity index (χ4n) is 3.61. The lowest BCUT2D eigenvalue weighted by Gasteiger charge is -2.22. The molecule has 2 atom stereocenters. The molecule has 0 bridgehead atoms. The zero-order valence-electron chi connectivity index (χ0n) is 14.6. The summed E-state index contributed by atoms with van der Waals surface area (Å²) in [6, 6.07) is 7.41. The lowest BCUT2D eigenvalue weighted by atomic mass is 10.1. The molecule has 1 saturated carbocycles. The Morgan fingerprint density at radius 3 is 2.92 bits per heavy atom. The molecule has 2 heterocycles. The van der Waals surface area contributed by atoms with E-state index in [4.69, 9.17) is 0 Å². The number of phenols is 1. The van der Waals surface area contributed by atoms with Crippen molar-refractivity contribution in [1.29, 1.82) is 0 Å². The van der Waals surface area contributed by atoms with Crippen molar-refractivity contribution in [1.82, 2.24) is 14.7 Å². The van der Waals surface area contributed by atoms with Gasteiger partial charge in [-0.15, -0.1) is 0 Å². The van der Waals surface area contributed by atoms with Crippen LogP contribution in [0.25, 0.3) is 0 Å². The number of nitrogens with zero attached hydrogens (tertiary/aromatic N) is 3. The van der Waals surface area contributed by atoms with Crippen molar-refractivity contribution in [2.45, 2.75) is 37.9 Å². The summed E-state index contributed by atoms with van der Waals surface area (Å²) in [4.78, 5) is 14.1. The summed E-state index contributed by atoms with van der Waals surface area (Å²) in [5.74, 6) is 0.498. The van der Waals surface area contributed by atoms with Gasteiger partial charge in [0.25, 0.3) is 0 Å². The van der Waals surface area contributed by atoms with Crippen LogP contribution in [0.1, 0.15) is 30.9 Å². The third-order valence-corrected chi connectivity index (χ3v) is 5.20. The molecule has 0 unspecified atom stereocenters. The smallest absolute Gasteiger partial charge is 0.227 e. The van der Waals surface area contributed by atoms with Crippen LogP contribution in [0.5, 0.6) is 5.75 Å². The maximum atomic E-state index is 11.9. The van der Waals surface area contributed by atoms with Crippen LogP contribution in [-0.4, -0.2) is 50.0 Å². The monoisotopic (exact) mass is 356 g/mol. The van der Waals surface area contributed by atoms with Gasteiger partial charge in [0.2, 0.25) is 5.91 Å². The standard InChI is InChI=1S/C19H24N4O3/c24-12-17-7-16(11-22(17)9-13-2-1-3-18(25)6-13)23-10-15(8-20-23)21-19(26)14-4-5-14/h1-3,6,8,10,14,16-17,24-25H,4-5,7,9,11-12H2,(H,21,26)/t16-,17-/m0/s1. The highest BCUT2D eigenvalue weighted by molar-refractivity contribution is 5.93. The van der Waals surface area contributed by atoms with E-state index in [2.05, 4.69) is 15.3 Å². The quantitative estimate of drug-likeness (QED) is 0.733. The molecule has 4 rings (SSSR count). The van der Waals surface area contributed by atoms with Gasteiger partial charge in [-0.3, -0.25) is 14.4 Å². The molecule has 7 heteroatoms. The van der Waals surface area contributed by atoms with Crippen LogP contribution in [0.4, 0.5) is 5.69 Å². The van der Waals surface area contributed by atoms with Gasteiger partial charge in [0, 0.05) is 31.2 Å². The summed E-state index contributed by atoms with van der Waals surface area (Å²) in [6.07, 6.45) is 6.31. The first-order valence-electron chi connectivity index (χ1n) is 9.10. The summed E-state index contributed by atoms with van der Waals surface area (Å²) < 4.78 is 1.88. The minimum absolute atomic E-state index is 0.0519. The van der Waals surface area contributed by atoms with Crippen molar-refractivity contribution in [3.8, 4) is 5.75 Å². The number of anilines is 1. The lowest BCUT2D eigenvalue weighted by molar-refractivity contribution is -0.117. The van der Waals surface area contributed by atoms with E-state index >= 15 is 0 Å². The number of amides is 1. The zero-order chi connectivity index (χ0) is 18.1. The van der Waals surface area contributed by atoms with Gasteiger partial charge < -0.3 is 15.5 Å². The predicted molar refractivity (Wildman–Crippen MR) is 96.6 cm³/mol. The van der Waals surface area contributed by atoms with Crippen molar-refractivity contribution in [2.75, 3.05) is 18.5 Å². The molecule has 2 fully saturated rings. The fraction of sp³-hybridized carbons (Fsp3) is 0.474. The number of aliphatic hydroxyl groups excluding tert-OH is 1. The molecule has 3 N–H and O–H groups in total. The number of phenolic OH excluding ortho intramolecular Hbond substituents is 1. The summed E-state index contributed by atoms with van der Waals surface area (Å²) in [7, 11) is 0. The SMILES string of the molecule is O=C(Nc1cnn([C@H]2C[C@@H](CO)N(Cc3cccc(O)c3)C2)c1)C1CC1. The molecular formula is C19H24N4O3. The number of carbonyl (C=O) groups excluding carboxylic acids is 1. The number of hydrogen-bond donors (Lipinski definition) is 3. The maximum Gasteiger partial charge on any atom is 0.227 e. The van der Waals surface area contributed by atoms with E-state index in [0.29, 0.717) is 6.54 Å². The van der Waals surface area contributed by atoms with E-state index in [0.717, 1.165) is 37.1 Å². The second-order valence-electron chi connectivity index (χ2n) is 7.30. The third-order valence-electron chi connectivity index (χ3n) is 5.20. The lowest BCUT2D eigenvalue weighted by Crippen LogP contribution is -2.31. The molecule has 2 aliphatic rings. The molecule has 26 heavy (non-hydrogen) atoms. The Morgan fingerprint density at radius 2 is 2.19 bits per heavy atom. The predicted octanol–water partition coefficient (Wildman–Crippen LogP) is 1.75. The number of aromatic nitrogens is 2. The van der Waals surface area contributed by atoms with E-state index < -0.39 is 0 Å². The number of nitrogens with one attached hydrogen (secondary N) is 1. The van der Waals surface area contributed by atoms with Crippen LogP contribution in [0.2, 0.25) is 0 Å². The molecule has 2 aromatic rings. The molecule has 0 spiro atoms. The Bertz CT molecular complexity index is 787.